The van der Waals surface area contributed by atoms with Crippen LogP contribution in [0, 0.1) is 28.6 Å². The molecule has 0 N–H and O–H groups in total. The van der Waals surface area contributed by atoms with Gasteiger partial charge in [0.2, 0.25) is 0 Å². The van der Waals surface area contributed by atoms with E-state index in [1.165, 1.54) is 19.3 Å². The molecule has 0 unspecified atom stereocenters. The molecule has 0 aliphatic heterocycles. The highest BCUT2D eigenvalue weighted by Crippen LogP contribution is 2.72. The molecule has 0 aromatic rings. The van der Waals surface area contributed by atoms with E-state index in [-0.39, 0.29) is 11.0 Å². The fourth-order valence-electron chi connectivity index (χ4n) is 5.50. The topological polar surface area (TPSA) is 26.3 Å². The molecule has 0 aromatic heterocycles. The summed E-state index contributed by atoms with van der Waals surface area (Å²) in [6, 6.07) is 0. The van der Waals surface area contributed by atoms with E-state index < -0.39 is 0 Å². The number of ether oxygens (including phenoxy) is 1. The van der Waals surface area contributed by atoms with Gasteiger partial charge in [-0.3, -0.25) is 4.79 Å². The van der Waals surface area contributed by atoms with Crippen molar-refractivity contribution >= 4 is 6.47 Å². The van der Waals surface area contributed by atoms with Crippen LogP contribution in [0.25, 0.3) is 0 Å². The molecule has 0 amide bonds. The molecule has 2 saturated carbocycles. The average molecular weight is 248 g/mol. The number of hydrogen-bond acceptors (Lipinski definition) is 2. The van der Waals surface area contributed by atoms with E-state index in [1.807, 2.05) is 0 Å². The molecule has 2 heteroatoms. The standard InChI is InChI=1S/C16H24O2/c1-11-5-8-16-9-12(11)14(2,3)13(16)6-7-15(16,4)18-10-17/h6-7,10-13H,5,8-9H2,1-4H3/t11-,12+,13+,15+,16-/m1/s1. The van der Waals surface area contributed by atoms with E-state index >= 15 is 0 Å². The normalized spacial score (nSPS) is 52.1. The van der Waals surface area contributed by atoms with Crippen molar-refractivity contribution in [3.05, 3.63) is 12.2 Å². The quantitative estimate of drug-likeness (QED) is 0.551. The second-order valence-corrected chi connectivity index (χ2v) is 7.46. The minimum Gasteiger partial charge on any atom is -0.457 e. The molecule has 100 valence electrons. The van der Waals surface area contributed by atoms with E-state index in [9.17, 15) is 4.79 Å². The van der Waals surface area contributed by atoms with Crippen LogP contribution in [-0.2, 0) is 9.53 Å². The van der Waals surface area contributed by atoms with E-state index in [0.717, 1.165) is 11.8 Å². The number of allylic oxidation sites excluding steroid dienone is 1. The summed E-state index contributed by atoms with van der Waals surface area (Å²) in [7, 11) is 0. The van der Waals surface area contributed by atoms with Crippen molar-refractivity contribution in [2.24, 2.45) is 28.6 Å². The highest BCUT2D eigenvalue weighted by Gasteiger charge is 2.68. The summed E-state index contributed by atoms with van der Waals surface area (Å²) in [5, 5.41) is 0. The Balaban J connectivity index is 2.07. The van der Waals surface area contributed by atoms with Gasteiger partial charge in [-0.15, -0.1) is 0 Å². The Morgan fingerprint density at radius 2 is 2.06 bits per heavy atom. The Kier molecular flexibility index (Phi) is 2.31. The van der Waals surface area contributed by atoms with Crippen LogP contribution in [0.4, 0.5) is 0 Å². The summed E-state index contributed by atoms with van der Waals surface area (Å²) < 4.78 is 5.54. The summed E-state index contributed by atoms with van der Waals surface area (Å²) in [6.07, 6.45) is 8.16. The molecule has 0 heterocycles. The van der Waals surface area contributed by atoms with Gasteiger partial charge in [-0.2, -0.15) is 0 Å². The Labute approximate surface area is 110 Å². The molecule has 2 fully saturated rings. The van der Waals surface area contributed by atoms with Crippen LogP contribution < -0.4 is 0 Å². The SMILES string of the molecule is C[C@@H]1CC[C@@]23C[C@@H]1C(C)(C)[C@@H]2C=C[C@]3(C)OC=O. The van der Waals surface area contributed by atoms with Gasteiger partial charge >= 0.3 is 0 Å². The minimum absolute atomic E-state index is 0.161. The zero-order valence-corrected chi connectivity index (χ0v) is 11.9. The van der Waals surface area contributed by atoms with Crippen LogP contribution >= 0.6 is 0 Å². The predicted octanol–water partition coefficient (Wildman–Crippen LogP) is 3.57. The second-order valence-electron chi connectivity index (χ2n) is 7.46. The summed E-state index contributed by atoms with van der Waals surface area (Å²) >= 11 is 0. The van der Waals surface area contributed by atoms with E-state index in [0.29, 0.717) is 17.8 Å². The third-order valence-electron chi connectivity index (χ3n) is 6.56. The van der Waals surface area contributed by atoms with E-state index in [2.05, 4.69) is 39.8 Å². The third-order valence-corrected chi connectivity index (χ3v) is 6.56. The van der Waals surface area contributed by atoms with Crippen LogP contribution in [0.15, 0.2) is 12.2 Å². The lowest BCUT2D eigenvalue weighted by molar-refractivity contribution is -0.152. The molecule has 0 saturated heterocycles. The Morgan fingerprint density at radius 1 is 1.33 bits per heavy atom. The van der Waals surface area contributed by atoms with Gasteiger partial charge in [0, 0.05) is 5.41 Å². The lowest BCUT2D eigenvalue weighted by atomic mass is 9.63. The molecule has 2 bridgehead atoms. The lowest BCUT2D eigenvalue weighted by Gasteiger charge is -2.45. The molecule has 3 aliphatic rings. The average Bonchev–Trinajstić information content (AvgIpc) is 2.67. The van der Waals surface area contributed by atoms with Crippen molar-refractivity contribution in [3.63, 3.8) is 0 Å². The first kappa shape index (κ1) is 12.3. The second kappa shape index (κ2) is 3.40. The van der Waals surface area contributed by atoms with Crippen LogP contribution in [0.1, 0.15) is 47.0 Å². The van der Waals surface area contributed by atoms with Gasteiger partial charge < -0.3 is 4.74 Å². The maximum atomic E-state index is 10.9. The first-order valence-electron chi connectivity index (χ1n) is 7.18. The maximum absolute atomic E-state index is 10.9. The van der Waals surface area contributed by atoms with Crippen molar-refractivity contribution in [2.75, 3.05) is 0 Å². The maximum Gasteiger partial charge on any atom is 0.293 e. The molecule has 1 spiro atoms. The number of carbonyl (C=O) groups excluding carboxylic acids is 1. The van der Waals surface area contributed by atoms with Gasteiger partial charge in [-0.1, -0.05) is 26.8 Å². The predicted molar refractivity (Wildman–Crippen MR) is 70.9 cm³/mol. The first-order chi connectivity index (χ1) is 8.37. The first-order valence-corrected chi connectivity index (χ1v) is 7.18. The van der Waals surface area contributed by atoms with Gasteiger partial charge in [-0.25, -0.2) is 0 Å². The molecule has 18 heavy (non-hydrogen) atoms. The summed E-state index contributed by atoms with van der Waals surface area (Å²) in [5.74, 6) is 2.12. The van der Waals surface area contributed by atoms with Gasteiger partial charge in [0.05, 0.1) is 0 Å². The monoisotopic (exact) mass is 248 g/mol. The Bertz CT molecular complexity index is 411. The lowest BCUT2D eigenvalue weighted by Crippen LogP contribution is -2.47. The van der Waals surface area contributed by atoms with Crippen LogP contribution in [-0.4, -0.2) is 12.1 Å². The summed E-state index contributed by atoms with van der Waals surface area (Å²) in [4.78, 5) is 10.9. The molecular formula is C16H24O2. The van der Waals surface area contributed by atoms with Gasteiger partial charge in [-0.05, 0) is 55.4 Å². The third kappa shape index (κ3) is 1.17. The number of fused-ring (bicyclic) bond motifs is 1. The highest BCUT2D eigenvalue weighted by molar-refractivity contribution is 5.42. The van der Waals surface area contributed by atoms with Crippen molar-refractivity contribution in [1.82, 2.24) is 0 Å². The molecule has 2 nitrogen and oxygen atoms in total. The van der Waals surface area contributed by atoms with Gasteiger partial charge in [0.25, 0.3) is 6.47 Å². The minimum atomic E-state index is -0.383. The van der Waals surface area contributed by atoms with Crippen molar-refractivity contribution in [1.29, 1.82) is 0 Å². The molecule has 0 radical (unpaired) electrons. The molecule has 3 aliphatic carbocycles. The number of carbonyl (C=O) groups is 1. The number of rotatable bonds is 2. The van der Waals surface area contributed by atoms with Crippen LogP contribution in [0.2, 0.25) is 0 Å². The van der Waals surface area contributed by atoms with Gasteiger partial charge in [0.15, 0.2) is 0 Å². The van der Waals surface area contributed by atoms with E-state index in [4.69, 9.17) is 4.74 Å². The smallest absolute Gasteiger partial charge is 0.293 e. The summed E-state index contributed by atoms with van der Waals surface area (Å²) in [6.45, 7) is 9.94. The zero-order valence-electron chi connectivity index (χ0n) is 11.9. The molecule has 3 rings (SSSR count). The summed E-state index contributed by atoms with van der Waals surface area (Å²) in [5.41, 5.74) is 0.108. The van der Waals surface area contributed by atoms with Crippen molar-refractivity contribution < 1.29 is 9.53 Å². The van der Waals surface area contributed by atoms with Crippen molar-refractivity contribution in [2.45, 2.75) is 52.6 Å². The number of hydrogen-bond donors (Lipinski definition) is 0. The van der Waals surface area contributed by atoms with E-state index in [1.54, 1.807) is 0 Å². The van der Waals surface area contributed by atoms with Crippen LogP contribution in [0.5, 0.6) is 0 Å². The zero-order chi connectivity index (χ0) is 13.2. The van der Waals surface area contributed by atoms with Crippen molar-refractivity contribution in [3.8, 4) is 0 Å². The molecule has 5 atom stereocenters. The van der Waals surface area contributed by atoms with Gasteiger partial charge in [0.1, 0.15) is 5.60 Å². The largest absolute Gasteiger partial charge is 0.457 e. The molecular weight excluding hydrogens is 224 g/mol. The molecule has 0 aromatic carbocycles. The Hall–Kier alpha value is -0.790. The fourth-order valence-corrected chi connectivity index (χ4v) is 5.50. The fraction of sp³-hybridized carbons (Fsp3) is 0.812. The Morgan fingerprint density at radius 3 is 2.72 bits per heavy atom. The van der Waals surface area contributed by atoms with Crippen LogP contribution in [0.3, 0.4) is 0 Å². The highest BCUT2D eigenvalue weighted by atomic mass is 16.5.